The highest BCUT2D eigenvalue weighted by atomic mass is 16.3. The van der Waals surface area contributed by atoms with Gasteiger partial charge in [0.2, 0.25) is 0 Å². The van der Waals surface area contributed by atoms with Crippen molar-refractivity contribution in [3.05, 3.63) is 35.6 Å². The Morgan fingerprint density at radius 2 is 2.18 bits per heavy atom. The maximum atomic E-state index is 5.72. The molecule has 0 atom stereocenters. The first-order valence-electron chi connectivity index (χ1n) is 5.57. The molecule has 0 amide bonds. The molecule has 0 fully saturated rings. The van der Waals surface area contributed by atoms with Gasteiger partial charge in [-0.05, 0) is 13.1 Å². The summed E-state index contributed by atoms with van der Waals surface area (Å²) in [5.74, 6) is 3.47. The van der Waals surface area contributed by atoms with Crippen molar-refractivity contribution < 1.29 is 4.42 Å². The van der Waals surface area contributed by atoms with Gasteiger partial charge in [0.15, 0.2) is 0 Å². The van der Waals surface area contributed by atoms with Gasteiger partial charge >= 0.3 is 0 Å². The van der Waals surface area contributed by atoms with Crippen LogP contribution in [0.5, 0.6) is 0 Å². The van der Waals surface area contributed by atoms with E-state index in [0.717, 1.165) is 28.8 Å². The van der Waals surface area contributed by atoms with Crippen molar-refractivity contribution in [1.29, 1.82) is 0 Å². The Morgan fingerprint density at radius 3 is 2.88 bits per heavy atom. The first-order chi connectivity index (χ1) is 8.26. The van der Waals surface area contributed by atoms with Crippen LogP contribution in [0.3, 0.4) is 0 Å². The zero-order valence-electron chi connectivity index (χ0n) is 9.94. The van der Waals surface area contributed by atoms with Crippen LogP contribution in [0.2, 0.25) is 0 Å². The molecule has 0 radical (unpaired) electrons. The molecule has 0 saturated carbocycles. The molecule has 1 aromatic heterocycles. The molecule has 0 aliphatic heterocycles. The largest absolute Gasteiger partial charge is 0.459 e. The molecular formula is C14H16N2O. The maximum absolute atomic E-state index is 5.72. The number of furan rings is 1. The Kier molecular flexibility index (Phi) is 3.48. The number of hydrogen-bond acceptors (Lipinski definition) is 3. The van der Waals surface area contributed by atoms with E-state index >= 15 is 0 Å². The highest BCUT2D eigenvalue weighted by molar-refractivity contribution is 5.82. The van der Waals surface area contributed by atoms with Gasteiger partial charge in [0.05, 0.1) is 13.1 Å². The van der Waals surface area contributed by atoms with Gasteiger partial charge in [-0.15, -0.1) is 6.42 Å². The zero-order chi connectivity index (χ0) is 12.3. The smallest absolute Gasteiger partial charge is 0.134 e. The van der Waals surface area contributed by atoms with Crippen LogP contribution in [0.4, 0.5) is 0 Å². The Labute approximate surface area is 101 Å². The average Bonchev–Trinajstić information content (AvgIpc) is 2.68. The zero-order valence-corrected chi connectivity index (χ0v) is 9.94. The summed E-state index contributed by atoms with van der Waals surface area (Å²) in [5.41, 5.74) is 7.74. The lowest BCUT2D eigenvalue weighted by molar-refractivity contribution is 0.365. The monoisotopic (exact) mass is 228 g/mol. The standard InChI is InChI=1S/C14H16N2O/c1-3-8-16(2)10-12-11-6-4-5-7-13(11)17-14(12)9-15/h1,4-7H,8-10,15H2,2H3. The molecule has 3 nitrogen and oxygen atoms in total. The summed E-state index contributed by atoms with van der Waals surface area (Å²) >= 11 is 0. The predicted molar refractivity (Wildman–Crippen MR) is 69.3 cm³/mol. The van der Waals surface area contributed by atoms with Crippen LogP contribution >= 0.6 is 0 Å². The van der Waals surface area contributed by atoms with E-state index in [1.165, 1.54) is 0 Å². The van der Waals surface area contributed by atoms with Gasteiger partial charge in [-0.1, -0.05) is 24.1 Å². The molecule has 0 aliphatic carbocycles. The lowest BCUT2D eigenvalue weighted by Gasteiger charge is -2.12. The number of hydrogen-bond donors (Lipinski definition) is 1. The van der Waals surface area contributed by atoms with Crippen LogP contribution < -0.4 is 5.73 Å². The minimum absolute atomic E-state index is 0.411. The molecule has 0 bridgehead atoms. The van der Waals surface area contributed by atoms with E-state index in [0.29, 0.717) is 13.1 Å². The van der Waals surface area contributed by atoms with E-state index in [4.69, 9.17) is 16.6 Å². The van der Waals surface area contributed by atoms with Crippen LogP contribution in [0, 0.1) is 12.3 Å². The fourth-order valence-electron chi connectivity index (χ4n) is 1.97. The predicted octanol–water partition coefficient (Wildman–Crippen LogP) is 1.96. The molecular weight excluding hydrogens is 212 g/mol. The molecule has 0 unspecified atom stereocenters. The summed E-state index contributed by atoms with van der Waals surface area (Å²) in [4.78, 5) is 2.07. The summed E-state index contributed by atoms with van der Waals surface area (Å²) in [6.07, 6.45) is 5.30. The number of terminal acetylenes is 1. The van der Waals surface area contributed by atoms with Crippen molar-refractivity contribution in [2.24, 2.45) is 5.73 Å². The Morgan fingerprint density at radius 1 is 1.41 bits per heavy atom. The Balaban J connectivity index is 2.40. The molecule has 17 heavy (non-hydrogen) atoms. The van der Waals surface area contributed by atoms with Gasteiger partial charge in [-0.25, -0.2) is 0 Å². The Hall–Kier alpha value is -1.76. The van der Waals surface area contributed by atoms with Crippen molar-refractivity contribution >= 4 is 11.0 Å². The third-order valence-electron chi connectivity index (χ3n) is 2.76. The van der Waals surface area contributed by atoms with Gasteiger partial charge in [0.25, 0.3) is 0 Å². The first kappa shape index (κ1) is 11.7. The fraction of sp³-hybridized carbons (Fsp3) is 0.286. The van der Waals surface area contributed by atoms with Gasteiger partial charge in [-0.3, -0.25) is 4.90 Å². The number of benzene rings is 1. The highest BCUT2D eigenvalue weighted by Gasteiger charge is 2.13. The highest BCUT2D eigenvalue weighted by Crippen LogP contribution is 2.26. The van der Waals surface area contributed by atoms with Crippen molar-refractivity contribution in [3.8, 4) is 12.3 Å². The van der Waals surface area contributed by atoms with Crippen LogP contribution in [-0.4, -0.2) is 18.5 Å². The van der Waals surface area contributed by atoms with E-state index in [2.05, 4.69) is 16.9 Å². The van der Waals surface area contributed by atoms with Crippen LogP contribution in [0.15, 0.2) is 28.7 Å². The number of nitrogens with two attached hydrogens (primary N) is 1. The second-order valence-electron chi connectivity index (χ2n) is 4.08. The van der Waals surface area contributed by atoms with Gasteiger partial charge in [0, 0.05) is 17.5 Å². The van der Waals surface area contributed by atoms with Crippen LogP contribution in [0.25, 0.3) is 11.0 Å². The molecule has 2 rings (SSSR count). The molecule has 2 aromatic rings. The lowest BCUT2D eigenvalue weighted by Crippen LogP contribution is -2.18. The van der Waals surface area contributed by atoms with Gasteiger partial charge < -0.3 is 10.2 Å². The van der Waals surface area contributed by atoms with E-state index in [-0.39, 0.29) is 0 Å². The molecule has 2 N–H and O–H groups in total. The molecule has 3 heteroatoms. The lowest BCUT2D eigenvalue weighted by atomic mass is 10.1. The molecule has 0 aliphatic rings. The summed E-state index contributed by atoms with van der Waals surface area (Å²) < 4.78 is 5.72. The number of nitrogens with zero attached hydrogens (tertiary/aromatic N) is 1. The van der Waals surface area contributed by atoms with Crippen molar-refractivity contribution in [3.63, 3.8) is 0 Å². The summed E-state index contributed by atoms with van der Waals surface area (Å²) in [5, 5.41) is 1.12. The van der Waals surface area contributed by atoms with E-state index in [1.54, 1.807) is 0 Å². The maximum Gasteiger partial charge on any atom is 0.134 e. The minimum atomic E-state index is 0.411. The van der Waals surface area contributed by atoms with Crippen LogP contribution in [-0.2, 0) is 13.1 Å². The molecule has 0 saturated heterocycles. The topological polar surface area (TPSA) is 42.4 Å². The SMILES string of the molecule is C#CCN(C)Cc1c(CN)oc2ccccc12. The second-order valence-corrected chi connectivity index (χ2v) is 4.08. The van der Waals surface area contributed by atoms with Crippen LogP contribution in [0.1, 0.15) is 11.3 Å². The summed E-state index contributed by atoms with van der Waals surface area (Å²) in [6.45, 7) is 1.78. The molecule has 0 spiro atoms. The third-order valence-corrected chi connectivity index (χ3v) is 2.76. The second kappa shape index (κ2) is 5.05. The van der Waals surface area contributed by atoms with Crippen molar-refractivity contribution in [2.45, 2.75) is 13.1 Å². The molecule has 88 valence electrons. The van der Waals surface area contributed by atoms with E-state index in [9.17, 15) is 0 Å². The van der Waals surface area contributed by atoms with Crippen molar-refractivity contribution in [2.75, 3.05) is 13.6 Å². The van der Waals surface area contributed by atoms with Gasteiger partial charge in [0.1, 0.15) is 11.3 Å². The number of rotatable bonds is 4. The van der Waals surface area contributed by atoms with Gasteiger partial charge in [-0.2, -0.15) is 0 Å². The van der Waals surface area contributed by atoms with E-state index < -0.39 is 0 Å². The van der Waals surface area contributed by atoms with Crippen molar-refractivity contribution in [1.82, 2.24) is 4.90 Å². The number of para-hydroxylation sites is 1. The minimum Gasteiger partial charge on any atom is -0.459 e. The number of fused-ring (bicyclic) bond motifs is 1. The molecule has 1 heterocycles. The normalized spacial score (nSPS) is 10.9. The summed E-state index contributed by atoms with van der Waals surface area (Å²) in [6, 6.07) is 7.97. The molecule has 1 aromatic carbocycles. The van der Waals surface area contributed by atoms with E-state index in [1.807, 2.05) is 25.2 Å². The first-order valence-corrected chi connectivity index (χ1v) is 5.57. The quantitative estimate of drug-likeness (QED) is 0.813. The average molecular weight is 228 g/mol. The summed E-state index contributed by atoms with van der Waals surface area (Å²) in [7, 11) is 1.99. The fourth-order valence-corrected chi connectivity index (χ4v) is 1.97. The third kappa shape index (κ3) is 2.33. The Bertz CT molecular complexity index is 551.